The molecule has 2 aromatic rings. The Morgan fingerprint density at radius 2 is 1.79 bits per heavy atom. The van der Waals surface area contributed by atoms with Crippen LogP contribution in [-0.2, 0) is 10.0 Å². The van der Waals surface area contributed by atoms with Crippen molar-refractivity contribution in [1.82, 2.24) is 9.62 Å². The highest BCUT2D eigenvalue weighted by Crippen LogP contribution is 2.25. The Balaban J connectivity index is 1.73. The first-order valence-electron chi connectivity index (χ1n) is 9.92. The third-order valence-corrected chi connectivity index (χ3v) is 7.27. The minimum absolute atomic E-state index is 0.139. The van der Waals surface area contributed by atoms with Crippen LogP contribution in [0.5, 0.6) is 5.75 Å². The molecule has 1 saturated heterocycles. The van der Waals surface area contributed by atoms with Crippen LogP contribution in [0.15, 0.2) is 47.4 Å². The lowest BCUT2D eigenvalue weighted by molar-refractivity contribution is 0.0935. The molecule has 0 aliphatic carbocycles. The summed E-state index contributed by atoms with van der Waals surface area (Å²) in [6, 6.07) is 11.9. The van der Waals surface area contributed by atoms with E-state index in [1.54, 1.807) is 19.2 Å². The average molecular weight is 417 g/mol. The molecule has 156 valence electrons. The number of methoxy groups -OCH3 is 1. The molecule has 1 atom stereocenters. The maximum absolute atomic E-state index is 12.7. The Morgan fingerprint density at radius 1 is 1.14 bits per heavy atom. The number of aryl methyl sites for hydroxylation is 1. The van der Waals surface area contributed by atoms with Crippen LogP contribution in [0, 0.1) is 6.92 Å². The summed E-state index contributed by atoms with van der Waals surface area (Å²) in [7, 11) is -1.84. The van der Waals surface area contributed by atoms with Crippen LogP contribution in [-0.4, -0.2) is 38.8 Å². The Hall–Kier alpha value is -2.38. The van der Waals surface area contributed by atoms with E-state index in [9.17, 15) is 13.2 Å². The van der Waals surface area contributed by atoms with Gasteiger partial charge in [0.2, 0.25) is 10.0 Å². The van der Waals surface area contributed by atoms with E-state index in [0.717, 1.165) is 36.1 Å². The van der Waals surface area contributed by atoms with Crippen LogP contribution in [0.3, 0.4) is 0 Å². The van der Waals surface area contributed by atoms with Crippen LogP contribution >= 0.6 is 0 Å². The number of rotatable bonds is 7. The van der Waals surface area contributed by atoms with Crippen LogP contribution in [0.2, 0.25) is 0 Å². The minimum Gasteiger partial charge on any atom is -0.496 e. The lowest BCUT2D eigenvalue weighted by atomic mass is 10.0. The number of nitrogens with one attached hydrogen (secondary N) is 1. The Bertz CT molecular complexity index is 965. The second-order valence-electron chi connectivity index (χ2n) is 7.30. The van der Waals surface area contributed by atoms with E-state index in [2.05, 4.69) is 5.32 Å². The predicted molar refractivity (Wildman–Crippen MR) is 113 cm³/mol. The quantitative estimate of drug-likeness (QED) is 0.747. The molecular weight excluding hydrogens is 388 g/mol. The molecule has 1 heterocycles. The van der Waals surface area contributed by atoms with E-state index >= 15 is 0 Å². The maximum atomic E-state index is 12.7. The minimum atomic E-state index is -3.47. The molecule has 7 heteroatoms. The zero-order chi connectivity index (χ0) is 21.0. The Kier molecular flexibility index (Phi) is 6.59. The summed E-state index contributed by atoms with van der Waals surface area (Å²) in [4.78, 5) is 12.9. The third kappa shape index (κ3) is 4.62. The van der Waals surface area contributed by atoms with Crippen molar-refractivity contribution < 1.29 is 17.9 Å². The highest BCUT2D eigenvalue weighted by atomic mass is 32.2. The molecule has 1 N–H and O–H groups in total. The monoisotopic (exact) mass is 416 g/mol. The topological polar surface area (TPSA) is 75.7 Å². The van der Waals surface area contributed by atoms with E-state index in [4.69, 9.17) is 4.74 Å². The van der Waals surface area contributed by atoms with Crippen LogP contribution in [0.25, 0.3) is 0 Å². The standard InChI is InChI=1S/C22H28N2O4S/c1-4-20(18-9-12-21(28-3)16(2)15-18)23-22(25)17-7-10-19(11-8-17)29(26,27)24-13-5-6-14-24/h7-12,15,20H,4-6,13-14H2,1-3H3,(H,23,25). The summed E-state index contributed by atoms with van der Waals surface area (Å²) >= 11 is 0. The number of hydrogen-bond donors (Lipinski definition) is 1. The summed E-state index contributed by atoms with van der Waals surface area (Å²) < 4.78 is 32.0. The fourth-order valence-electron chi connectivity index (χ4n) is 3.64. The fraction of sp³-hybridized carbons (Fsp3) is 0.409. The van der Waals surface area contributed by atoms with E-state index in [0.29, 0.717) is 18.7 Å². The molecule has 0 bridgehead atoms. The Morgan fingerprint density at radius 3 is 2.34 bits per heavy atom. The number of carbonyl (C=O) groups is 1. The summed E-state index contributed by atoms with van der Waals surface area (Å²) in [5, 5.41) is 3.04. The van der Waals surface area contributed by atoms with Crippen molar-refractivity contribution >= 4 is 15.9 Å². The van der Waals surface area contributed by atoms with Gasteiger partial charge in [-0.3, -0.25) is 4.79 Å². The molecule has 1 aliphatic heterocycles. The first-order valence-corrected chi connectivity index (χ1v) is 11.4. The number of benzene rings is 2. The van der Waals surface area contributed by atoms with Crippen molar-refractivity contribution in [2.24, 2.45) is 0 Å². The summed E-state index contributed by atoms with van der Waals surface area (Å²) in [6.45, 7) is 5.10. The van der Waals surface area contributed by atoms with Gasteiger partial charge in [-0.2, -0.15) is 4.31 Å². The smallest absolute Gasteiger partial charge is 0.251 e. The zero-order valence-corrected chi connectivity index (χ0v) is 18.0. The molecule has 3 rings (SSSR count). The largest absolute Gasteiger partial charge is 0.496 e. The summed E-state index contributed by atoms with van der Waals surface area (Å²) in [5.41, 5.74) is 2.45. The van der Waals surface area contributed by atoms with E-state index in [1.807, 2.05) is 32.0 Å². The van der Waals surface area contributed by atoms with Crippen molar-refractivity contribution in [3.05, 3.63) is 59.2 Å². The van der Waals surface area contributed by atoms with Crippen LogP contribution < -0.4 is 10.1 Å². The van der Waals surface area contributed by atoms with Crippen molar-refractivity contribution in [3.63, 3.8) is 0 Å². The number of nitrogens with zero attached hydrogens (tertiary/aromatic N) is 1. The lowest BCUT2D eigenvalue weighted by Gasteiger charge is -2.19. The molecule has 0 saturated carbocycles. The normalized spacial score (nSPS) is 15.8. The van der Waals surface area contributed by atoms with E-state index < -0.39 is 10.0 Å². The van der Waals surface area contributed by atoms with Gasteiger partial charge in [0.25, 0.3) is 5.91 Å². The van der Waals surface area contributed by atoms with Crippen molar-refractivity contribution in [1.29, 1.82) is 0 Å². The van der Waals surface area contributed by atoms with Gasteiger partial charge in [0.05, 0.1) is 18.0 Å². The maximum Gasteiger partial charge on any atom is 0.251 e. The van der Waals surface area contributed by atoms with Crippen LogP contribution in [0.1, 0.15) is 53.7 Å². The van der Waals surface area contributed by atoms with Gasteiger partial charge in [-0.15, -0.1) is 0 Å². The number of ether oxygens (including phenoxy) is 1. The Labute approximate surface area is 172 Å². The van der Waals surface area contributed by atoms with Gasteiger partial charge in [-0.25, -0.2) is 8.42 Å². The summed E-state index contributed by atoms with van der Waals surface area (Å²) in [6.07, 6.45) is 2.52. The highest BCUT2D eigenvalue weighted by molar-refractivity contribution is 7.89. The molecule has 29 heavy (non-hydrogen) atoms. The van der Waals surface area contributed by atoms with Gasteiger partial charge in [-0.1, -0.05) is 19.1 Å². The average Bonchev–Trinajstić information content (AvgIpc) is 3.27. The molecule has 6 nitrogen and oxygen atoms in total. The zero-order valence-electron chi connectivity index (χ0n) is 17.1. The molecule has 2 aromatic carbocycles. The number of hydrogen-bond acceptors (Lipinski definition) is 4. The molecule has 1 fully saturated rings. The molecule has 1 amide bonds. The van der Waals surface area contributed by atoms with Gasteiger partial charge < -0.3 is 10.1 Å². The number of sulfonamides is 1. The molecule has 0 spiro atoms. The van der Waals surface area contributed by atoms with Gasteiger partial charge >= 0.3 is 0 Å². The predicted octanol–water partition coefficient (Wildman–Crippen LogP) is 3.67. The molecular formula is C22H28N2O4S. The highest BCUT2D eigenvalue weighted by Gasteiger charge is 2.27. The first kappa shape index (κ1) is 21.3. The van der Waals surface area contributed by atoms with Gasteiger partial charge in [0.15, 0.2) is 0 Å². The first-order chi connectivity index (χ1) is 13.9. The SMILES string of the molecule is CCC(NC(=O)c1ccc(S(=O)(=O)N2CCCC2)cc1)c1ccc(OC)c(C)c1. The fourth-order valence-corrected chi connectivity index (χ4v) is 5.15. The number of amides is 1. The molecule has 1 aliphatic rings. The van der Waals surface area contributed by atoms with E-state index in [1.165, 1.54) is 16.4 Å². The van der Waals surface area contributed by atoms with Crippen molar-refractivity contribution in [2.45, 2.75) is 44.0 Å². The molecule has 0 radical (unpaired) electrons. The second kappa shape index (κ2) is 8.97. The number of carbonyl (C=O) groups excluding carboxylic acids is 1. The van der Waals surface area contributed by atoms with Crippen molar-refractivity contribution in [2.75, 3.05) is 20.2 Å². The molecule has 1 unspecified atom stereocenters. The van der Waals surface area contributed by atoms with E-state index in [-0.39, 0.29) is 16.8 Å². The second-order valence-corrected chi connectivity index (χ2v) is 9.24. The van der Waals surface area contributed by atoms with Gasteiger partial charge in [0.1, 0.15) is 5.75 Å². The van der Waals surface area contributed by atoms with Crippen molar-refractivity contribution in [3.8, 4) is 5.75 Å². The summed E-state index contributed by atoms with van der Waals surface area (Å²) in [5.74, 6) is 0.583. The van der Waals surface area contributed by atoms with Gasteiger partial charge in [-0.05, 0) is 67.6 Å². The lowest BCUT2D eigenvalue weighted by Crippen LogP contribution is -2.29. The van der Waals surface area contributed by atoms with Crippen LogP contribution in [0.4, 0.5) is 0 Å². The van der Waals surface area contributed by atoms with Gasteiger partial charge in [0, 0.05) is 18.7 Å². The molecule has 0 aromatic heterocycles. The third-order valence-electron chi connectivity index (χ3n) is 5.35.